The van der Waals surface area contributed by atoms with Crippen LogP contribution in [0.4, 0.5) is 5.95 Å². The molecular formula is C24H28ClN7O3S. The van der Waals surface area contributed by atoms with Crippen LogP contribution in [0, 0.1) is 16.7 Å². The van der Waals surface area contributed by atoms with E-state index >= 15 is 0 Å². The monoisotopic (exact) mass is 529 g/mol. The zero-order valence-electron chi connectivity index (χ0n) is 20.1. The fourth-order valence-corrected chi connectivity index (χ4v) is 6.63. The van der Waals surface area contributed by atoms with Crippen LogP contribution in [0.25, 0.3) is 10.9 Å². The summed E-state index contributed by atoms with van der Waals surface area (Å²) in [5.74, 6) is 0.686. The number of piperidine rings is 1. The van der Waals surface area contributed by atoms with Crippen LogP contribution in [0.1, 0.15) is 37.8 Å². The van der Waals surface area contributed by atoms with Gasteiger partial charge in [0.15, 0.2) is 0 Å². The second kappa shape index (κ2) is 10.5. The van der Waals surface area contributed by atoms with Crippen LogP contribution in [0.5, 0.6) is 0 Å². The third-order valence-corrected chi connectivity index (χ3v) is 8.92. The molecule has 5 rings (SSSR count). The Labute approximate surface area is 217 Å². The molecule has 3 aromatic rings. The van der Waals surface area contributed by atoms with Crippen LogP contribution in [0.15, 0.2) is 32.9 Å². The molecule has 12 heteroatoms. The van der Waals surface area contributed by atoms with Crippen molar-refractivity contribution in [2.24, 2.45) is 25.2 Å². The minimum Gasteiger partial charge on any atom is -0.483 e. The second-order valence-electron chi connectivity index (χ2n) is 9.20. The van der Waals surface area contributed by atoms with Gasteiger partial charge in [-0.3, -0.25) is 18.8 Å². The van der Waals surface area contributed by atoms with Crippen molar-refractivity contribution in [2.45, 2.75) is 47.9 Å². The molecule has 3 N–H and O–H groups in total. The molecule has 0 radical (unpaired) electrons. The molecule has 1 saturated carbocycles. The summed E-state index contributed by atoms with van der Waals surface area (Å²) in [5, 5.41) is 21.7. The summed E-state index contributed by atoms with van der Waals surface area (Å²) >= 11 is 7.89. The van der Waals surface area contributed by atoms with E-state index < -0.39 is 0 Å². The minimum absolute atomic E-state index is 0.120. The molecule has 1 saturated heterocycles. The van der Waals surface area contributed by atoms with Gasteiger partial charge in [-0.15, -0.1) is 0 Å². The Morgan fingerprint density at radius 1 is 1.28 bits per heavy atom. The number of carbonyl (C=O) groups is 1. The number of benzene rings is 1. The van der Waals surface area contributed by atoms with Gasteiger partial charge in [0, 0.05) is 38.1 Å². The quantitative estimate of drug-likeness (QED) is 0.489. The number of hydrogen-bond acceptors (Lipinski definition) is 8. The second-order valence-corrected chi connectivity index (χ2v) is 10.7. The van der Waals surface area contributed by atoms with Crippen molar-refractivity contribution >= 4 is 46.7 Å². The molecule has 3 heterocycles. The molecule has 1 aromatic carbocycles. The Kier molecular flexibility index (Phi) is 7.59. The Balaban J connectivity index is 0.000000967. The van der Waals surface area contributed by atoms with Crippen molar-refractivity contribution in [2.75, 3.05) is 18.0 Å². The van der Waals surface area contributed by atoms with Crippen LogP contribution >= 0.6 is 23.4 Å². The average molecular weight is 530 g/mol. The van der Waals surface area contributed by atoms with E-state index in [4.69, 9.17) is 27.2 Å². The Morgan fingerprint density at radius 2 is 1.97 bits per heavy atom. The number of aryl methyl sites for hydroxylation is 1. The fraction of sp³-hybridized carbons (Fsp3) is 0.458. The Hall–Kier alpha value is -3.07. The number of anilines is 1. The van der Waals surface area contributed by atoms with Gasteiger partial charge >= 0.3 is 0 Å². The summed E-state index contributed by atoms with van der Waals surface area (Å²) in [7, 11) is 3.48. The van der Waals surface area contributed by atoms with E-state index in [1.54, 1.807) is 24.9 Å². The van der Waals surface area contributed by atoms with E-state index in [0.717, 1.165) is 32.4 Å². The standard InChI is InChI=1S/C23H26ClN7OS.CH2O2/c1-29-21(32)17(33-16-6-5-14-19(20(16)24)15(12-25)30(2)28-14)13-27-22(29)31-10-8-23(9-11-31)7-3-4-18(23)26;2-1-3/h5-6,13,18H,3-4,7-11,26H2,1-2H3;1H,(H,2,3)/t18-;/m1./s1. The topological polar surface area (TPSA) is 143 Å². The van der Waals surface area contributed by atoms with Crippen LogP contribution in [-0.4, -0.2) is 50.0 Å². The SMILES string of the molecule is Cn1nc2ccc(Sc3cnc(N4CCC5(CCC[C@H]5N)CC4)n(C)c3=O)c(Cl)c2c1C#N.O=CO. The van der Waals surface area contributed by atoms with Gasteiger partial charge in [0.1, 0.15) is 11.8 Å². The molecule has 2 aliphatic rings. The number of nitrogens with two attached hydrogens (primary N) is 1. The maximum Gasteiger partial charge on any atom is 0.290 e. The zero-order valence-corrected chi connectivity index (χ0v) is 21.7. The van der Waals surface area contributed by atoms with E-state index in [0.29, 0.717) is 43.4 Å². The Morgan fingerprint density at radius 3 is 2.58 bits per heavy atom. The number of nitrogens with zero attached hydrogens (tertiary/aromatic N) is 6. The Bertz CT molecular complexity index is 1390. The largest absolute Gasteiger partial charge is 0.483 e. The van der Waals surface area contributed by atoms with Gasteiger partial charge in [-0.2, -0.15) is 10.4 Å². The molecule has 36 heavy (non-hydrogen) atoms. The molecule has 0 amide bonds. The van der Waals surface area contributed by atoms with Gasteiger partial charge in [0.25, 0.3) is 12.0 Å². The highest BCUT2D eigenvalue weighted by Gasteiger charge is 2.43. The number of aromatic nitrogens is 4. The van der Waals surface area contributed by atoms with Gasteiger partial charge in [-0.1, -0.05) is 29.8 Å². The van der Waals surface area contributed by atoms with E-state index in [1.165, 1.54) is 29.3 Å². The van der Waals surface area contributed by atoms with E-state index in [1.807, 2.05) is 12.1 Å². The number of carboxylic acid groups (broad SMARTS) is 1. The first kappa shape index (κ1) is 26.0. The van der Waals surface area contributed by atoms with Crippen molar-refractivity contribution in [3.8, 4) is 6.07 Å². The fourth-order valence-electron chi connectivity index (χ4n) is 5.37. The molecule has 1 spiro atoms. The molecule has 1 atom stereocenters. The van der Waals surface area contributed by atoms with Gasteiger partial charge < -0.3 is 15.7 Å². The van der Waals surface area contributed by atoms with E-state index in [2.05, 4.69) is 21.1 Å². The molecule has 0 bridgehead atoms. The van der Waals surface area contributed by atoms with E-state index in [9.17, 15) is 10.1 Å². The highest BCUT2D eigenvalue weighted by molar-refractivity contribution is 7.99. The van der Waals surface area contributed by atoms with Crippen molar-refractivity contribution in [3.63, 3.8) is 0 Å². The maximum absolute atomic E-state index is 13.2. The van der Waals surface area contributed by atoms with E-state index in [-0.39, 0.29) is 17.4 Å². The molecular weight excluding hydrogens is 502 g/mol. The third-order valence-electron chi connectivity index (χ3n) is 7.36. The summed E-state index contributed by atoms with van der Waals surface area (Å²) in [5.41, 5.74) is 7.60. The van der Waals surface area contributed by atoms with Gasteiger partial charge in [0.2, 0.25) is 5.95 Å². The third kappa shape index (κ3) is 4.56. The summed E-state index contributed by atoms with van der Waals surface area (Å²) < 4.78 is 3.13. The number of fused-ring (bicyclic) bond motifs is 1. The van der Waals surface area contributed by atoms with Crippen LogP contribution in [0.2, 0.25) is 5.02 Å². The zero-order chi connectivity index (χ0) is 26.0. The van der Waals surface area contributed by atoms with Gasteiger partial charge in [-0.05, 0) is 43.2 Å². The lowest BCUT2D eigenvalue weighted by atomic mass is 9.74. The number of halogens is 1. The van der Waals surface area contributed by atoms with Crippen molar-refractivity contribution in [1.29, 1.82) is 5.26 Å². The van der Waals surface area contributed by atoms with Crippen molar-refractivity contribution in [1.82, 2.24) is 19.3 Å². The highest BCUT2D eigenvalue weighted by Crippen LogP contribution is 2.46. The van der Waals surface area contributed by atoms with Crippen molar-refractivity contribution in [3.05, 3.63) is 39.4 Å². The number of rotatable bonds is 3. The predicted molar refractivity (Wildman–Crippen MR) is 138 cm³/mol. The predicted octanol–water partition coefficient (Wildman–Crippen LogP) is 3.14. The number of hydrogen-bond donors (Lipinski definition) is 2. The summed E-state index contributed by atoms with van der Waals surface area (Å²) in [6, 6.07) is 6.08. The molecule has 2 aromatic heterocycles. The number of nitriles is 1. The van der Waals surface area contributed by atoms with Crippen LogP contribution < -0.4 is 16.2 Å². The van der Waals surface area contributed by atoms with Gasteiger partial charge in [0.05, 0.1) is 27.0 Å². The minimum atomic E-state index is -0.250. The lowest BCUT2D eigenvalue weighted by Gasteiger charge is -2.42. The first-order chi connectivity index (χ1) is 17.3. The molecule has 1 aliphatic carbocycles. The summed E-state index contributed by atoms with van der Waals surface area (Å²) in [6.07, 6.45) is 7.26. The smallest absolute Gasteiger partial charge is 0.290 e. The molecule has 190 valence electrons. The average Bonchev–Trinajstić information content (AvgIpc) is 3.38. The van der Waals surface area contributed by atoms with Crippen LogP contribution in [0.3, 0.4) is 0 Å². The lowest BCUT2D eigenvalue weighted by Crippen LogP contribution is -2.48. The molecule has 2 fully saturated rings. The molecule has 1 aliphatic heterocycles. The first-order valence-corrected chi connectivity index (χ1v) is 12.8. The highest BCUT2D eigenvalue weighted by atomic mass is 35.5. The van der Waals surface area contributed by atoms with Crippen molar-refractivity contribution < 1.29 is 9.90 Å². The van der Waals surface area contributed by atoms with Crippen LogP contribution in [-0.2, 0) is 18.9 Å². The lowest BCUT2D eigenvalue weighted by molar-refractivity contribution is -0.122. The summed E-state index contributed by atoms with van der Waals surface area (Å²) in [4.78, 5) is 29.6. The maximum atomic E-state index is 13.2. The molecule has 10 nitrogen and oxygen atoms in total. The first-order valence-electron chi connectivity index (χ1n) is 11.6. The normalized spacial score (nSPS) is 18.6. The van der Waals surface area contributed by atoms with Gasteiger partial charge in [-0.25, -0.2) is 4.98 Å². The summed E-state index contributed by atoms with van der Waals surface area (Å²) in [6.45, 7) is 1.47. The molecule has 0 unspecified atom stereocenters.